The highest BCUT2D eigenvalue weighted by Gasteiger charge is 2.17. The minimum Gasteiger partial charge on any atom is -0.393 e. The van der Waals surface area contributed by atoms with Crippen LogP contribution in [0, 0.1) is 6.92 Å². The van der Waals surface area contributed by atoms with Gasteiger partial charge in [-0.1, -0.05) is 25.5 Å². The van der Waals surface area contributed by atoms with Crippen LogP contribution in [0.3, 0.4) is 0 Å². The molecule has 4 nitrogen and oxygen atoms in total. The van der Waals surface area contributed by atoms with Crippen LogP contribution in [0.4, 0.5) is 5.69 Å². The fourth-order valence-corrected chi connectivity index (χ4v) is 2.46. The SMILES string of the molecule is CCCc1c(N)c(=O)n(-c2cccc(C)c2)n1CC. The van der Waals surface area contributed by atoms with Crippen LogP contribution < -0.4 is 11.3 Å². The molecule has 0 amide bonds. The van der Waals surface area contributed by atoms with Crippen LogP contribution in [0.5, 0.6) is 0 Å². The van der Waals surface area contributed by atoms with Crippen molar-refractivity contribution in [1.29, 1.82) is 0 Å². The largest absolute Gasteiger partial charge is 0.393 e. The Kier molecular flexibility index (Phi) is 3.79. The molecule has 2 aromatic rings. The van der Waals surface area contributed by atoms with Gasteiger partial charge in [0.25, 0.3) is 5.56 Å². The number of nitrogens with two attached hydrogens (primary N) is 1. The Bertz CT molecular complexity index is 637. The predicted octanol–water partition coefficient (Wildman–Crippen LogP) is 2.50. The fourth-order valence-electron chi connectivity index (χ4n) is 2.46. The Morgan fingerprint density at radius 3 is 2.58 bits per heavy atom. The van der Waals surface area contributed by atoms with Gasteiger partial charge in [-0.25, -0.2) is 4.68 Å². The molecule has 2 N–H and O–H groups in total. The van der Waals surface area contributed by atoms with E-state index in [4.69, 9.17) is 5.73 Å². The van der Waals surface area contributed by atoms with Gasteiger partial charge in [-0.3, -0.25) is 9.48 Å². The van der Waals surface area contributed by atoms with Crippen molar-refractivity contribution < 1.29 is 0 Å². The van der Waals surface area contributed by atoms with E-state index in [2.05, 4.69) is 6.92 Å². The van der Waals surface area contributed by atoms with Gasteiger partial charge in [0.05, 0.1) is 11.4 Å². The molecule has 1 aromatic heterocycles. The van der Waals surface area contributed by atoms with E-state index >= 15 is 0 Å². The average Bonchev–Trinajstić information content (AvgIpc) is 2.63. The molecule has 0 aliphatic heterocycles. The first-order valence-corrected chi connectivity index (χ1v) is 6.77. The summed E-state index contributed by atoms with van der Waals surface area (Å²) in [4.78, 5) is 12.4. The van der Waals surface area contributed by atoms with Crippen molar-refractivity contribution in [2.75, 3.05) is 5.73 Å². The van der Waals surface area contributed by atoms with Crippen LogP contribution in [-0.2, 0) is 13.0 Å². The van der Waals surface area contributed by atoms with Crippen molar-refractivity contribution in [2.45, 2.75) is 40.2 Å². The first kappa shape index (κ1) is 13.5. The number of nitrogens with zero attached hydrogens (tertiary/aromatic N) is 2. The van der Waals surface area contributed by atoms with E-state index in [0.717, 1.165) is 36.3 Å². The second-order valence-corrected chi connectivity index (χ2v) is 4.78. The van der Waals surface area contributed by atoms with E-state index < -0.39 is 0 Å². The Balaban J connectivity index is 2.70. The number of hydrogen-bond acceptors (Lipinski definition) is 2. The Morgan fingerprint density at radius 1 is 1.26 bits per heavy atom. The van der Waals surface area contributed by atoms with E-state index in [1.807, 2.05) is 42.8 Å². The molecule has 1 heterocycles. The molecule has 2 rings (SSSR count). The number of aryl methyl sites for hydroxylation is 1. The first-order chi connectivity index (χ1) is 9.10. The Morgan fingerprint density at radius 2 is 2.00 bits per heavy atom. The highest BCUT2D eigenvalue weighted by molar-refractivity contribution is 5.46. The van der Waals surface area contributed by atoms with Crippen molar-refractivity contribution in [3.8, 4) is 5.69 Å². The summed E-state index contributed by atoms with van der Waals surface area (Å²) in [5.74, 6) is 0. The molecule has 0 aliphatic rings. The third-order valence-electron chi connectivity index (χ3n) is 3.32. The second-order valence-electron chi connectivity index (χ2n) is 4.78. The highest BCUT2D eigenvalue weighted by atomic mass is 16.1. The maximum Gasteiger partial charge on any atom is 0.294 e. The Labute approximate surface area is 113 Å². The van der Waals surface area contributed by atoms with Gasteiger partial charge >= 0.3 is 0 Å². The van der Waals surface area contributed by atoms with Crippen molar-refractivity contribution >= 4 is 5.69 Å². The maximum absolute atomic E-state index is 12.4. The van der Waals surface area contributed by atoms with Gasteiger partial charge in [0.15, 0.2) is 0 Å². The Hall–Kier alpha value is -1.97. The molecule has 102 valence electrons. The van der Waals surface area contributed by atoms with E-state index in [1.165, 1.54) is 0 Å². The minimum atomic E-state index is -0.115. The zero-order valence-electron chi connectivity index (χ0n) is 11.8. The van der Waals surface area contributed by atoms with E-state index in [0.29, 0.717) is 5.69 Å². The zero-order valence-corrected chi connectivity index (χ0v) is 11.8. The summed E-state index contributed by atoms with van der Waals surface area (Å²) in [6, 6.07) is 7.92. The summed E-state index contributed by atoms with van der Waals surface area (Å²) in [6.45, 7) is 6.87. The molecule has 0 aliphatic carbocycles. The van der Waals surface area contributed by atoms with Gasteiger partial charge in [-0.2, -0.15) is 0 Å². The molecular weight excluding hydrogens is 238 g/mol. The normalized spacial score (nSPS) is 10.9. The number of rotatable bonds is 4. The lowest BCUT2D eigenvalue weighted by atomic mass is 10.2. The van der Waals surface area contributed by atoms with E-state index in [1.54, 1.807) is 4.68 Å². The molecule has 0 bridgehead atoms. The second kappa shape index (κ2) is 5.34. The van der Waals surface area contributed by atoms with Crippen molar-refractivity contribution in [3.63, 3.8) is 0 Å². The highest BCUT2D eigenvalue weighted by Crippen LogP contribution is 2.16. The predicted molar refractivity (Wildman–Crippen MR) is 78.8 cm³/mol. The molecular formula is C15H21N3O. The summed E-state index contributed by atoms with van der Waals surface area (Å²) in [7, 11) is 0. The molecule has 0 saturated heterocycles. The summed E-state index contributed by atoms with van der Waals surface area (Å²) in [5, 5.41) is 0. The van der Waals surface area contributed by atoms with Crippen LogP contribution in [0.1, 0.15) is 31.5 Å². The standard InChI is InChI=1S/C15H21N3O/c1-4-7-13-14(16)15(19)18(17(13)5-2)12-9-6-8-11(3)10-12/h6,8-10H,4-5,7,16H2,1-3H3. The van der Waals surface area contributed by atoms with Gasteiger partial charge in [-0.15, -0.1) is 0 Å². The molecule has 0 saturated carbocycles. The quantitative estimate of drug-likeness (QED) is 0.917. The number of hydrogen-bond donors (Lipinski definition) is 1. The number of aromatic nitrogens is 2. The lowest BCUT2D eigenvalue weighted by Crippen LogP contribution is -2.22. The fraction of sp³-hybridized carbons (Fsp3) is 0.400. The molecule has 0 radical (unpaired) electrons. The average molecular weight is 259 g/mol. The first-order valence-electron chi connectivity index (χ1n) is 6.77. The van der Waals surface area contributed by atoms with Crippen molar-refractivity contribution in [3.05, 3.63) is 45.9 Å². The number of benzene rings is 1. The lowest BCUT2D eigenvalue weighted by Gasteiger charge is -2.13. The van der Waals surface area contributed by atoms with Crippen LogP contribution >= 0.6 is 0 Å². The maximum atomic E-state index is 12.4. The van der Waals surface area contributed by atoms with Crippen molar-refractivity contribution in [1.82, 2.24) is 9.36 Å². The van der Waals surface area contributed by atoms with Gasteiger partial charge in [0, 0.05) is 6.54 Å². The van der Waals surface area contributed by atoms with Gasteiger partial charge in [0.1, 0.15) is 5.69 Å². The molecule has 4 heteroatoms. The number of nitrogen functional groups attached to an aromatic ring is 1. The molecule has 0 fully saturated rings. The van der Waals surface area contributed by atoms with Crippen LogP contribution in [-0.4, -0.2) is 9.36 Å². The monoisotopic (exact) mass is 259 g/mol. The minimum absolute atomic E-state index is 0.115. The summed E-state index contributed by atoms with van der Waals surface area (Å²) >= 11 is 0. The van der Waals surface area contributed by atoms with Gasteiger partial charge < -0.3 is 5.73 Å². The topological polar surface area (TPSA) is 53.0 Å². The van der Waals surface area contributed by atoms with Crippen LogP contribution in [0.25, 0.3) is 5.69 Å². The molecule has 19 heavy (non-hydrogen) atoms. The number of anilines is 1. The summed E-state index contributed by atoms with van der Waals surface area (Å²) < 4.78 is 3.67. The van der Waals surface area contributed by atoms with E-state index in [9.17, 15) is 4.79 Å². The third-order valence-corrected chi connectivity index (χ3v) is 3.32. The van der Waals surface area contributed by atoms with Crippen molar-refractivity contribution in [2.24, 2.45) is 0 Å². The molecule has 0 spiro atoms. The van der Waals surface area contributed by atoms with Crippen LogP contribution in [0.15, 0.2) is 29.1 Å². The molecule has 0 unspecified atom stereocenters. The van der Waals surface area contributed by atoms with Gasteiger partial charge in [-0.05, 0) is 38.0 Å². The third kappa shape index (κ3) is 2.30. The lowest BCUT2D eigenvalue weighted by molar-refractivity contribution is 0.545. The summed E-state index contributed by atoms with van der Waals surface area (Å²) in [5.41, 5.74) is 9.20. The van der Waals surface area contributed by atoms with Crippen LogP contribution in [0.2, 0.25) is 0 Å². The van der Waals surface area contributed by atoms with E-state index in [-0.39, 0.29) is 5.56 Å². The molecule has 0 atom stereocenters. The summed E-state index contributed by atoms with van der Waals surface area (Å²) in [6.07, 6.45) is 1.80. The molecule has 1 aromatic carbocycles. The zero-order chi connectivity index (χ0) is 14.0. The smallest absolute Gasteiger partial charge is 0.294 e. The van der Waals surface area contributed by atoms with Gasteiger partial charge in [0.2, 0.25) is 0 Å².